The van der Waals surface area contributed by atoms with Crippen molar-refractivity contribution in [3.05, 3.63) is 12.2 Å². The van der Waals surface area contributed by atoms with E-state index < -0.39 is 42.1 Å². The zero-order valence-corrected chi connectivity index (χ0v) is 9.90. The highest BCUT2D eigenvalue weighted by Crippen LogP contribution is 2.49. The first-order valence-corrected chi connectivity index (χ1v) is 4.87. The van der Waals surface area contributed by atoms with Gasteiger partial charge < -0.3 is 4.74 Å². The van der Waals surface area contributed by atoms with Crippen LogP contribution in [0.4, 0.5) is 30.7 Å². The minimum Gasteiger partial charge on any atom is -0.461 e. The average Bonchev–Trinajstić information content (AvgIpc) is 2.32. The number of alkyl halides is 7. The number of nitriles is 1. The first-order valence-electron chi connectivity index (χ1n) is 4.87. The normalized spacial score (nSPS) is 14.3. The summed E-state index contributed by atoms with van der Waals surface area (Å²) in [6.07, 6.45) is -6.45. The Morgan fingerprint density at radius 3 is 2.05 bits per heavy atom. The Balaban J connectivity index is 4.94. The van der Waals surface area contributed by atoms with Gasteiger partial charge in [-0.15, -0.1) is 0 Å². The molecule has 0 N–H and O–H groups in total. The van der Waals surface area contributed by atoms with E-state index in [0.29, 0.717) is 6.92 Å². The van der Waals surface area contributed by atoms with Gasteiger partial charge in [0, 0.05) is 0 Å². The molecule has 0 heterocycles. The minimum atomic E-state index is -6.45. The lowest BCUT2D eigenvalue weighted by Crippen LogP contribution is -2.56. The Kier molecular flexibility index (Phi) is 5.17. The minimum absolute atomic E-state index is 0.349. The number of esters is 1. The van der Waals surface area contributed by atoms with Gasteiger partial charge in [-0.1, -0.05) is 13.5 Å². The molecule has 10 heteroatoms. The summed E-state index contributed by atoms with van der Waals surface area (Å²) in [4.78, 5) is 10.9. The molecule has 1 atom stereocenters. The molecule has 0 amide bonds. The average molecular weight is 307 g/mol. The molecule has 0 aromatic carbocycles. The lowest BCUT2D eigenvalue weighted by Gasteiger charge is -2.32. The molecule has 0 aliphatic heterocycles. The molecular weight excluding hydrogens is 299 g/mol. The van der Waals surface area contributed by atoms with Gasteiger partial charge in [0.2, 0.25) is 0 Å². The van der Waals surface area contributed by atoms with Gasteiger partial charge in [0.25, 0.3) is 0 Å². The number of nitrogens with zero attached hydrogens (tertiary/aromatic N) is 1. The molecule has 114 valence electrons. The van der Waals surface area contributed by atoms with E-state index in [4.69, 9.17) is 5.26 Å². The van der Waals surface area contributed by atoms with Gasteiger partial charge in [-0.3, -0.25) is 0 Å². The molecule has 0 fully saturated rings. The third-order valence-electron chi connectivity index (χ3n) is 2.24. The van der Waals surface area contributed by atoms with Crippen LogP contribution in [0.15, 0.2) is 12.2 Å². The van der Waals surface area contributed by atoms with Crippen molar-refractivity contribution in [1.29, 1.82) is 5.26 Å². The van der Waals surface area contributed by atoms with Crippen LogP contribution in [0, 0.1) is 17.2 Å². The summed E-state index contributed by atoms with van der Waals surface area (Å²) < 4.78 is 91.0. The molecule has 0 aliphatic carbocycles. The van der Waals surface area contributed by atoms with Crippen molar-refractivity contribution in [3.8, 4) is 6.07 Å². The molecule has 0 radical (unpaired) electrons. The number of carbonyl (C=O) groups excluding carboxylic acids is 1. The molecule has 0 spiro atoms. The topological polar surface area (TPSA) is 50.1 Å². The van der Waals surface area contributed by atoms with Crippen LogP contribution in [0.3, 0.4) is 0 Å². The fourth-order valence-electron chi connectivity index (χ4n) is 0.937. The van der Waals surface area contributed by atoms with E-state index in [0.717, 1.165) is 0 Å². The number of hydrogen-bond acceptors (Lipinski definition) is 3. The second-order valence-corrected chi connectivity index (χ2v) is 3.78. The Morgan fingerprint density at radius 1 is 1.25 bits per heavy atom. The molecule has 0 aromatic rings. The highest BCUT2D eigenvalue weighted by atomic mass is 19.4. The van der Waals surface area contributed by atoms with Crippen molar-refractivity contribution in [2.24, 2.45) is 5.92 Å². The van der Waals surface area contributed by atoms with Crippen LogP contribution in [0.2, 0.25) is 0 Å². The SMILES string of the molecule is C=C(C#N)C(=O)OCC(C)C(F)(F)C(F)(F)C(F)(F)F. The Bertz CT molecular complexity index is 436. The molecular formula is C10H8F7NO2. The van der Waals surface area contributed by atoms with Crippen LogP contribution in [-0.4, -0.2) is 30.6 Å². The van der Waals surface area contributed by atoms with Crippen LogP contribution < -0.4 is 0 Å². The van der Waals surface area contributed by atoms with E-state index in [9.17, 15) is 35.5 Å². The van der Waals surface area contributed by atoms with Crippen molar-refractivity contribution in [1.82, 2.24) is 0 Å². The zero-order valence-electron chi connectivity index (χ0n) is 9.90. The largest absolute Gasteiger partial charge is 0.461 e. The molecule has 0 rings (SSSR count). The van der Waals surface area contributed by atoms with E-state index in [1.165, 1.54) is 6.07 Å². The van der Waals surface area contributed by atoms with Gasteiger partial charge in [-0.05, 0) is 0 Å². The second-order valence-electron chi connectivity index (χ2n) is 3.78. The summed E-state index contributed by atoms with van der Waals surface area (Å²) in [5.74, 6) is -15.9. The van der Waals surface area contributed by atoms with E-state index in [1.807, 2.05) is 0 Å². The maximum absolute atomic E-state index is 13.1. The van der Waals surface area contributed by atoms with Crippen LogP contribution in [0.1, 0.15) is 6.92 Å². The molecule has 0 saturated heterocycles. The number of ether oxygens (including phenoxy) is 1. The number of hydrogen-bond donors (Lipinski definition) is 0. The maximum atomic E-state index is 13.1. The van der Waals surface area contributed by atoms with Crippen molar-refractivity contribution >= 4 is 5.97 Å². The predicted molar refractivity (Wildman–Crippen MR) is 50.8 cm³/mol. The predicted octanol–water partition coefficient (Wildman–Crippen LogP) is 3.08. The van der Waals surface area contributed by atoms with Crippen LogP contribution >= 0.6 is 0 Å². The smallest absolute Gasteiger partial charge is 0.459 e. The highest BCUT2D eigenvalue weighted by Gasteiger charge is 2.74. The van der Waals surface area contributed by atoms with E-state index in [2.05, 4.69) is 11.3 Å². The molecule has 0 saturated carbocycles. The first-order chi connectivity index (χ1) is 8.79. The second kappa shape index (κ2) is 5.68. The molecule has 20 heavy (non-hydrogen) atoms. The molecule has 1 unspecified atom stereocenters. The van der Waals surface area contributed by atoms with Gasteiger partial charge in [0.15, 0.2) is 0 Å². The Hall–Kier alpha value is -1.79. The zero-order chi connectivity index (χ0) is 16.4. The number of rotatable bonds is 5. The van der Waals surface area contributed by atoms with Gasteiger partial charge in [-0.2, -0.15) is 36.0 Å². The highest BCUT2D eigenvalue weighted by molar-refractivity contribution is 5.91. The third kappa shape index (κ3) is 3.40. The van der Waals surface area contributed by atoms with Gasteiger partial charge >= 0.3 is 24.0 Å². The van der Waals surface area contributed by atoms with Crippen LogP contribution in [0.25, 0.3) is 0 Å². The van der Waals surface area contributed by atoms with Gasteiger partial charge in [0.05, 0.1) is 5.92 Å². The van der Waals surface area contributed by atoms with E-state index in [1.54, 1.807) is 0 Å². The van der Waals surface area contributed by atoms with Gasteiger partial charge in [-0.25, -0.2) is 4.79 Å². The third-order valence-corrected chi connectivity index (χ3v) is 2.24. The lowest BCUT2D eigenvalue weighted by molar-refractivity contribution is -0.366. The van der Waals surface area contributed by atoms with Crippen LogP contribution in [0.5, 0.6) is 0 Å². The summed E-state index contributed by atoms with van der Waals surface area (Å²) in [5, 5.41) is 8.20. The Morgan fingerprint density at radius 2 is 1.70 bits per heavy atom. The first kappa shape index (κ1) is 18.2. The molecule has 0 aliphatic rings. The van der Waals surface area contributed by atoms with Crippen molar-refractivity contribution in [2.45, 2.75) is 24.9 Å². The van der Waals surface area contributed by atoms with E-state index >= 15 is 0 Å². The standard InChI is InChI=1S/C10H8F7NO2/c1-5(3-18)7(19)20-4-6(2)8(11,12)9(13,14)10(15,16)17/h6H,1,4H2,2H3. The molecule has 3 nitrogen and oxygen atoms in total. The summed E-state index contributed by atoms with van der Waals surface area (Å²) in [6.45, 7) is 1.77. The molecule has 0 aromatic heterocycles. The number of carbonyl (C=O) groups is 1. The van der Waals surface area contributed by atoms with Crippen LogP contribution in [-0.2, 0) is 9.53 Å². The van der Waals surface area contributed by atoms with Gasteiger partial charge in [0.1, 0.15) is 18.2 Å². The quantitative estimate of drug-likeness (QED) is 0.339. The van der Waals surface area contributed by atoms with Crippen molar-refractivity contribution in [2.75, 3.05) is 6.61 Å². The summed E-state index contributed by atoms with van der Waals surface area (Å²) in [5.41, 5.74) is -0.803. The monoisotopic (exact) mass is 307 g/mol. The summed E-state index contributed by atoms with van der Waals surface area (Å²) in [6, 6.07) is 1.20. The fraction of sp³-hybridized carbons (Fsp3) is 0.600. The summed E-state index contributed by atoms with van der Waals surface area (Å²) >= 11 is 0. The fourth-order valence-corrected chi connectivity index (χ4v) is 0.937. The van der Waals surface area contributed by atoms with E-state index in [-0.39, 0.29) is 0 Å². The summed E-state index contributed by atoms with van der Waals surface area (Å²) in [7, 11) is 0. The molecule has 0 bridgehead atoms. The maximum Gasteiger partial charge on any atom is 0.459 e. The number of halogens is 7. The lowest BCUT2D eigenvalue weighted by atomic mass is 9.98. The van der Waals surface area contributed by atoms with Crippen molar-refractivity contribution < 1.29 is 40.3 Å². The Labute approximate surface area is 108 Å². The van der Waals surface area contributed by atoms with Crippen molar-refractivity contribution in [3.63, 3.8) is 0 Å².